The largest absolute Gasteiger partial charge is 0.465 e. The maximum absolute atomic E-state index is 12.1. The fourth-order valence-electron chi connectivity index (χ4n) is 3.73. The van der Waals surface area contributed by atoms with Crippen LogP contribution in [0.15, 0.2) is 54.6 Å². The van der Waals surface area contributed by atoms with Crippen LogP contribution in [-0.4, -0.2) is 27.6 Å². The highest BCUT2D eigenvalue weighted by molar-refractivity contribution is 5.97. The molecule has 146 valence electrons. The van der Waals surface area contributed by atoms with Gasteiger partial charge in [-0.25, -0.2) is 14.8 Å². The van der Waals surface area contributed by atoms with Crippen molar-refractivity contribution in [1.29, 1.82) is 0 Å². The normalized spacial score (nSPS) is 11.0. The number of hydrogen-bond donors (Lipinski definition) is 0. The second-order valence-electron chi connectivity index (χ2n) is 7.05. The first-order valence-corrected chi connectivity index (χ1v) is 9.67. The van der Waals surface area contributed by atoms with Gasteiger partial charge in [-0.15, -0.1) is 0 Å². The summed E-state index contributed by atoms with van der Waals surface area (Å²) in [5, 5.41) is 0. The molecular weight excluding hydrogens is 362 g/mol. The predicted molar refractivity (Wildman–Crippen MR) is 114 cm³/mol. The van der Waals surface area contributed by atoms with Crippen molar-refractivity contribution in [2.45, 2.75) is 27.2 Å². The number of aryl methyl sites for hydroxylation is 3. The van der Waals surface area contributed by atoms with Crippen molar-refractivity contribution >= 4 is 17.1 Å². The Kier molecular flexibility index (Phi) is 4.89. The Labute approximate surface area is 170 Å². The first kappa shape index (κ1) is 18.9. The zero-order valence-corrected chi connectivity index (χ0v) is 17.1. The van der Waals surface area contributed by atoms with Crippen molar-refractivity contribution in [3.63, 3.8) is 0 Å². The number of ether oxygens (including phenoxy) is 1. The maximum Gasteiger partial charge on any atom is 0.338 e. The third-order valence-corrected chi connectivity index (χ3v) is 5.09. The van der Waals surface area contributed by atoms with Crippen molar-refractivity contribution in [2.75, 3.05) is 7.11 Å². The molecule has 0 saturated heterocycles. The number of aromatic nitrogens is 3. The summed E-state index contributed by atoms with van der Waals surface area (Å²) in [5.74, 6) is 0.637. The number of hydrogen-bond acceptors (Lipinski definition) is 4. The first-order chi connectivity index (χ1) is 14.0. The second-order valence-corrected chi connectivity index (χ2v) is 7.05. The number of pyridine rings is 1. The molecule has 0 atom stereocenters. The van der Waals surface area contributed by atoms with E-state index in [2.05, 4.69) is 24.5 Å². The zero-order valence-electron chi connectivity index (χ0n) is 17.1. The van der Waals surface area contributed by atoms with Crippen LogP contribution in [0.25, 0.3) is 28.0 Å². The van der Waals surface area contributed by atoms with Crippen LogP contribution in [0.3, 0.4) is 0 Å². The number of rotatable bonds is 4. The lowest BCUT2D eigenvalue weighted by molar-refractivity contribution is 0.0601. The van der Waals surface area contributed by atoms with Gasteiger partial charge in [0, 0.05) is 17.8 Å². The van der Waals surface area contributed by atoms with Gasteiger partial charge < -0.3 is 4.74 Å². The van der Waals surface area contributed by atoms with Crippen LogP contribution in [0.1, 0.15) is 34.4 Å². The summed E-state index contributed by atoms with van der Waals surface area (Å²) in [5.41, 5.74) is 7.28. The molecule has 2 heterocycles. The molecule has 2 aromatic heterocycles. The number of carbonyl (C=O) groups is 1. The molecule has 5 nitrogen and oxygen atoms in total. The van der Waals surface area contributed by atoms with Crippen molar-refractivity contribution < 1.29 is 9.53 Å². The Morgan fingerprint density at radius 1 is 1.03 bits per heavy atom. The fourth-order valence-corrected chi connectivity index (χ4v) is 3.73. The van der Waals surface area contributed by atoms with Crippen molar-refractivity contribution in [1.82, 2.24) is 14.5 Å². The lowest BCUT2D eigenvalue weighted by Gasteiger charge is -2.11. The summed E-state index contributed by atoms with van der Waals surface area (Å²) in [6.45, 7) is 6.17. The average molecular weight is 385 g/mol. The molecule has 0 bridgehead atoms. The summed E-state index contributed by atoms with van der Waals surface area (Å²) >= 11 is 0. The Balaban J connectivity index is 1.84. The van der Waals surface area contributed by atoms with Crippen molar-refractivity contribution in [2.24, 2.45) is 0 Å². The van der Waals surface area contributed by atoms with Crippen LogP contribution in [0, 0.1) is 13.8 Å². The van der Waals surface area contributed by atoms with Crippen LogP contribution in [0.4, 0.5) is 0 Å². The molecule has 4 rings (SSSR count). The number of methoxy groups -OCH3 is 1. The van der Waals surface area contributed by atoms with E-state index in [1.165, 1.54) is 7.11 Å². The van der Waals surface area contributed by atoms with E-state index in [1.807, 2.05) is 49.4 Å². The van der Waals surface area contributed by atoms with Gasteiger partial charge in [0.05, 0.1) is 12.7 Å². The van der Waals surface area contributed by atoms with Crippen LogP contribution < -0.4 is 0 Å². The van der Waals surface area contributed by atoms with Crippen LogP contribution in [0.2, 0.25) is 0 Å². The molecule has 0 aliphatic carbocycles. The van der Waals surface area contributed by atoms with Crippen LogP contribution >= 0.6 is 0 Å². The van der Waals surface area contributed by atoms with Gasteiger partial charge in [-0.3, -0.25) is 4.57 Å². The topological polar surface area (TPSA) is 57.0 Å². The number of nitrogens with zero attached hydrogens (tertiary/aromatic N) is 3. The van der Waals surface area contributed by atoms with Gasteiger partial charge in [0.2, 0.25) is 0 Å². The van der Waals surface area contributed by atoms with E-state index in [4.69, 9.17) is 14.7 Å². The molecule has 0 saturated carbocycles. The Hall–Kier alpha value is -3.47. The number of carbonyl (C=O) groups excluding carboxylic acids is 1. The Morgan fingerprint density at radius 2 is 1.76 bits per heavy atom. The van der Waals surface area contributed by atoms with E-state index in [9.17, 15) is 4.79 Å². The minimum atomic E-state index is -0.339. The third kappa shape index (κ3) is 3.29. The highest BCUT2D eigenvalue weighted by atomic mass is 16.5. The molecule has 2 aromatic carbocycles. The highest BCUT2D eigenvalue weighted by Crippen LogP contribution is 2.28. The van der Waals surface area contributed by atoms with E-state index in [1.54, 1.807) is 6.07 Å². The van der Waals surface area contributed by atoms with Gasteiger partial charge in [0.25, 0.3) is 0 Å². The SMILES string of the molecule is CCc1nc2c(C)cc(C)nc2n1-c1ccc(-c2ccccc2C(=O)OC)cc1. The first-order valence-electron chi connectivity index (χ1n) is 9.67. The van der Waals surface area contributed by atoms with Gasteiger partial charge in [-0.2, -0.15) is 0 Å². The van der Waals surface area contributed by atoms with Gasteiger partial charge in [-0.1, -0.05) is 37.3 Å². The summed E-state index contributed by atoms with van der Waals surface area (Å²) in [4.78, 5) is 21.7. The smallest absolute Gasteiger partial charge is 0.338 e. The molecule has 0 fully saturated rings. The van der Waals surface area contributed by atoms with Gasteiger partial charge in [0.15, 0.2) is 5.65 Å². The third-order valence-electron chi connectivity index (χ3n) is 5.09. The van der Waals surface area contributed by atoms with Crippen LogP contribution in [-0.2, 0) is 11.2 Å². The lowest BCUT2D eigenvalue weighted by atomic mass is 9.99. The second kappa shape index (κ2) is 7.51. The molecule has 0 spiro atoms. The number of esters is 1. The summed E-state index contributed by atoms with van der Waals surface area (Å²) in [6.07, 6.45) is 0.807. The Morgan fingerprint density at radius 3 is 2.45 bits per heavy atom. The molecule has 0 unspecified atom stereocenters. The number of fused-ring (bicyclic) bond motifs is 1. The number of benzene rings is 2. The van der Waals surface area contributed by atoms with Crippen LogP contribution in [0.5, 0.6) is 0 Å². The van der Waals surface area contributed by atoms with Crippen molar-refractivity contribution in [3.05, 3.63) is 77.2 Å². The summed E-state index contributed by atoms with van der Waals surface area (Å²) in [7, 11) is 1.40. The molecule has 29 heavy (non-hydrogen) atoms. The quantitative estimate of drug-likeness (QED) is 0.461. The lowest BCUT2D eigenvalue weighted by Crippen LogP contribution is -2.04. The summed E-state index contributed by atoms with van der Waals surface area (Å²) < 4.78 is 7.04. The standard InChI is InChI=1S/C24H23N3O2/c1-5-21-26-22-15(2)14-16(3)25-23(22)27(21)18-12-10-17(11-13-18)19-8-6-7-9-20(19)24(28)29-4/h6-14H,5H2,1-4H3. The maximum atomic E-state index is 12.1. The van der Waals surface area contributed by atoms with Gasteiger partial charge in [0.1, 0.15) is 11.3 Å². The highest BCUT2D eigenvalue weighted by Gasteiger charge is 2.16. The molecule has 0 aliphatic heterocycles. The van der Waals surface area contributed by atoms with Crippen molar-refractivity contribution in [3.8, 4) is 16.8 Å². The molecule has 5 heteroatoms. The fraction of sp³-hybridized carbons (Fsp3) is 0.208. The van der Waals surface area contributed by atoms with Gasteiger partial charge >= 0.3 is 5.97 Å². The molecule has 4 aromatic rings. The van der Waals surface area contributed by atoms with E-state index < -0.39 is 0 Å². The minimum absolute atomic E-state index is 0.339. The van der Waals surface area contributed by atoms with Gasteiger partial charge in [-0.05, 0) is 54.8 Å². The number of imidazole rings is 1. The summed E-state index contributed by atoms with van der Waals surface area (Å²) in [6, 6.07) is 17.7. The molecule has 0 N–H and O–H groups in total. The molecule has 0 radical (unpaired) electrons. The minimum Gasteiger partial charge on any atom is -0.465 e. The Bertz CT molecular complexity index is 1210. The van der Waals surface area contributed by atoms with E-state index in [-0.39, 0.29) is 5.97 Å². The van der Waals surface area contributed by atoms with E-state index >= 15 is 0 Å². The molecule has 0 amide bonds. The van der Waals surface area contributed by atoms with E-state index in [0.717, 1.165) is 51.5 Å². The predicted octanol–water partition coefficient (Wildman–Crippen LogP) is 5.05. The molecule has 0 aliphatic rings. The average Bonchev–Trinajstić information content (AvgIpc) is 3.12. The molecular formula is C24H23N3O2. The van der Waals surface area contributed by atoms with E-state index in [0.29, 0.717) is 5.56 Å². The monoisotopic (exact) mass is 385 g/mol. The zero-order chi connectivity index (χ0) is 20.5.